The lowest BCUT2D eigenvalue weighted by molar-refractivity contribution is 0.628. The van der Waals surface area contributed by atoms with Crippen molar-refractivity contribution in [3.63, 3.8) is 0 Å². The Bertz CT molecular complexity index is 966. The lowest BCUT2D eigenvalue weighted by atomic mass is 10.1. The first-order valence-electron chi connectivity index (χ1n) is 9.09. The van der Waals surface area contributed by atoms with Crippen LogP contribution in [0, 0.1) is 23.1 Å². The third-order valence-electron chi connectivity index (χ3n) is 4.08. The summed E-state index contributed by atoms with van der Waals surface area (Å²) in [6.45, 7) is 4.35. The van der Waals surface area contributed by atoms with Crippen LogP contribution in [0.3, 0.4) is 0 Å². The van der Waals surface area contributed by atoms with E-state index in [-0.39, 0.29) is 5.82 Å². The van der Waals surface area contributed by atoms with Crippen LogP contribution in [0.4, 0.5) is 15.9 Å². The summed E-state index contributed by atoms with van der Waals surface area (Å²) in [5, 5.41) is 13.6. The zero-order valence-electron chi connectivity index (χ0n) is 15.8. The van der Waals surface area contributed by atoms with Crippen LogP contribution in [0.15, 0.2) is 59.8 Å². The minimum atomic E-state index is -0.328. The van der Waals surface area contributed by atoms with Gasteiger partial charge in [-0.15, -0.1) is 0 Å². The molecule has 0 aliphatic carbocycles. The summed E-state index contributed by atoms with van der Waals surface area (Å²) in [7, 11) is 0. The minimum absolute atomic E-state index is 0.328. The highest BCUT2D eigenvalue weighted by Gasteiger charge is 2.17. The Labute approximate surface area is 168 Å². The summed E-state index contributed by atoms with van der Waals surface area (Å²) in [5.74, 6) is 1.60. The third-order valence-corrected chi connectivity index (χ3v) is 4.96. The van der Waals surface area contributed by atoms with Gasteiger partial charge in [-0.05, 0) is 48.7 Å². The van der Waals surface area contributed by atoms with Crippen molar-refractivity contribution in [1.29, 1.82) is 5.26 Å². The zero-order valence-corrected chi connectivity index (χ0v) is 16.6. The third kappa shape index (κ3) is 5.08. The maximum absolute atomic E-state index is 13.4. The van der Waals surface area contributed by atoms with Gasteiger partial charge >= 0.3 is 0 Å². The van der Waals surface area contributed by atoms with Crippen molar-refractivity contribution in [3.8, 4) is 17.3 Å². The van der Waals surface area contributed by atoms with E-state index in [1.54, 1.807) is 23.9 Å². The smallest absolute Gasteiger partial charge is 0.190 e. The average molecular weight is 393 g/mol. The summed E-state index contributed by atoms with van der Waals surface area (Å²) in [4.78, 5) is 9.19. The standard InChI is InChI=1S/C22H21FN4S/c1-15(2)12-13-28-22-26-20(16-8-10-17(23)11-9-16)19(14-24)21(27-22)25-18-6-4-3-5-7-18/h3-11,15H,12-13H2,1-2H3,(H,25,26,27). The lowest BCUT2D eigenvalue weighted by Gasteiger charge is -2.13. The minimum Gasteiger partial charge on any atom is -0.339 e. The number of rotatable bonds is 7. The number of thioether (sulfide) groups is 1. The molecular weight excluding hydrogens is 371 g/mol. The molecule has 0 aliphatic rings. The van der Waals surface area contributed by atoms with Crippen molar-refractivity contribution in [2.45, 2.75) is 25.4 Å². The quantitative estimate of drug-likeness (QED) is 0.392. The Kier molecular flexibility index (Phi) is 6.62. The fourth-order valence-electron chi connectivity index (χ4n) is 2.56. The fourth-order valence-corrected chi connectivity index (χ4v) is 3.65. The molecule has 0 saturated heterocycles. The van der Waals surface area contributed by atoms with Crippen LogP contribution in [-0.2, 0) is 0 Å². The van der Waals surface area contributed by atoms with Crippen LogP contribution in [0.5, 0.6) is 0 Å². The van der Waals surface area contributed by atoms with Crippen molar-refractivity contribution in [1.82, 2.24) is 9.97 Å². The maximum Gasteiger partial charge on any atom is 0.190 e. The van der Waals surface area contributed by atoms with Crippen molar-refractivity contribution in [2.24, 2.45) is 5.92 Å². The molecule has 4 nitrogen and oxygen atoms in total. The van der Waals surface area contributed by atoms with Crippen LogP contribution in [0.2, 0.25) is 0 Å². The normalized spacial score (nSPS) is 10.7. The molecule has 3 rings (SSSR count). The lowest BCUT2D eigenvalue weighted by Crippen LogP contribution is -2.04. The average Bonchev–Trinajstić information content (AvgIpc) is 2.69. The van der Waals surface area contributed by atoms with Gasteiger partial charge in [0, 0.05) is 17.0 Å². The van der Waals surface area contributed by atoms with Crippen molar-refractivity contribution < 1.29 is 4.39 Å². The number of nitrogens with zero attached hydrogens (tertiary/aromatic N) is 3. The van der Waals surface area contributed by atoms with Crippen molar-refractivity contribution >= 4 is 23.3 Å². The van der Waals surface area contributed by atoms with Crippen LogP contribution in [-0.4, -0.2) is 15.7 Å². The van der Waals surface area contributed by atoms with E-state index >= 15 is 0 Å². The summed E-state index contributed by atoms with van der Waals surface area (Å²) < 4.78 is 13.4. The predicted octanol–water partition coefficient (Wildman–Crippen LogP) is 6.04. The number of benzene rings is 2. The Morgan fingerprint density at radius 1 is 1.07 bits per heavy atom. The van der Waals surface area contributed by atoms with E-state index in [0.717, 1.165) is 17.9 Å². The molecule has 1 N–H and O–H groups in total. The largest absolute Gasteiger partial charge is 0.339 e. The topological polar surface area (TPSA) is 61.6 Å². The number of nitriles is 1. The van der Waals surface area contributed by atoms with Gasteiger partial charge < -0.3 is 5.32 Å². The molecular formula is C22H21FN4S. The van der Waals surface area contributed by atoms with E-state index in [1.165, 1.54) is 12.1 Å². The molecule has 0 fully saturated rings. The van der Waals surface area contributed by atoms with E-state index in [1.807, 2.05) is 30.3 Å². The van der Waals surface area contributed by atoms with Gasteiger partial charge in [-0.25, -0.2) is 14.4 Å². The van der Waals surface area contributed by atoms with Gasteiger partial charge in [0.15, 0.2) is 11.0 Å². The molecule has 142 valence electrons. The Balaban J connectivity index is 2.04. The summed E-state index contributed by atoms with van der Waals surface area (Å²) in [6, 6.07) is 17.8. The first-order valence-corrected chi connectivity index (χ1v) is 10.1. The molecule has 0 amide bonds. The van der Waals surface area contributed by atoms with Gasteiger partial charge in [0.2, 0.25) is 0 Å². The van der Waals surface area contributed by atoms with E-state index in [9.17, 15) is 9.65 Å². The fraction of sp³-hybridized carbons (Fsp3) is 0.227. The number of halogens is 1. The molecule has 6 heteroatoms. The van der Waals surface area contributed by atoms with E-state index < -0.39 is 0 Å². The summed E-state index contributed by atoms with van der Waals surface area (Å²) in [5.41, 5.74) is 2.36. The molecule has 0 radical (unpaired) electrons. The summed E-state index contributed by atoms with van der Waals surface area (Å²) >= 11 is 1.56. The number of anilines is 2. The van der Waals surface area contributed by atoms with Crippen LogP contribution in [0.1, 0.15) is 25.8 Å². The Hall–Kier alpha value is -2.91. The highest BCUT2D eigenvalue weighted by atomic mass is 32.2. The SMILES string of the molecule is CC(C)CCSc1nc(Nc2ccccc2)c(C#N)c(-c2ccc(F)cc2)n1. The number of hydrogen-bond donors (Lipinski definition) is 1. The molecule has 0 spiro atoms. The van der Waals surface area contributed by atoms with Crippen molar-refractivity contribution in [3.05, 3.63) is 66.0 Å². The van der Waals surface area contributed by atoms with Gasteiger partial charge in [-0.3, -0.25) is 0 Å². The highest BCUT2D eigenvalue weighted by molar-refractivity contribution is 7.99. The van der Waals surface area contributed by atoms with Crippen LogP contribution in [0.25, 0.3) is 11.3 Å². The zero-order chi connectivity index (χ0) is 19.9. The number of aromatic nitrogens is 2. The number of para-hydroxylation sites is 1. The molecule has 0 saturated carbocycles. The summed E-state index contributed by atoms with van der Waals surface area (Å²) in [6.07, 6.45) is 1.04. The maximum atomic E-state index is 13.4. The van der Waals surface area contributed by atoms with E-state index in [2.05, 4.69) is 35.2 Å². The van der Waals surface area contributed by atoms with Crippen LogP contribution >= 0.6 is 11.8 Å². The van der Waals surface area contributed by atoms with Crippen LogP contribution < -0.4 is 5.32 Å². The second kappa shape index (κ2) is 9.34. The van der Waals surface area contributed by atoms with Crippen molar-refractivity contribution in [2.75, 3.05) is 11.1 Å². The molecule has 28 heavy (non-hydrogen) atoms. The highest BCUT2D eigenvalue weighted by Crippen LogP contribution is 2.31. The van der Waals surface area contributed by atoms with E-state index in [0.29, 0.717) is 33.7 Å². The molecule has 1 heterocycles. The monoisotopic (exact) mass is 392 g/mol. The Morgan fingerprint density at radius 3 is 2.43 bits per heavy atom. The molecule has 0 bridgehead atoms. The predicted molar refractivity (Wildman–Crippen MR) is 112 cm³/mol. The van der Waals surface area contributed by atoms with Gasteiger partial charge in [-0.1, -0.05) is 43.8 Å². The van der Waals surface area contributed by atoms with Gasteiger partial charge in [0.1, 0.15) is 17.4 Å². The Morgan fingerprint density at radius 2 is 1.79 bits per heavy atom. The number of hydrogen-bond acceptors (Lipinski definition) is 5. The molecule has 2 aromatic carbocycles. The second-order valence-electron chi connectivity index (χ2n) is 6.72. The second-order valence-corrected chi connectivity index (χ2v) is 7.78. The van der Waals surface area contributed by atoms with Gasteiger partial charge in [0.05, 0.1) is 5.69 Å². The first-order chi connectivity index (χ1) is 13.6. The molecule has 0 atom stereocenters. The molecule has 0 unspecified atom stereocenters. The molecule has 1 aromatic heterocycles. The number of nitrogens with one attached hydrogen (secondary N) is 1. The molecule has 3 aromatic rings. The van der Waals surface area contributed by atoms with E-state index in [4.69, 9.17) is 0 Å². The first kappa shape index (κ1) is 19.8. The van der Waals surface area contributed by atoms with Gasteiger partial charge in [0.25, 0.3) is 0 Å². The molecule has 0 aliphatic heterocycles. The van der Waals surface area contributed by atoms with Gasteiger partial charge in [-0.2, -0.15) is 5.26 Å².